The maximum Gasteiger partial charge on any atom is 0.119 e. The highest BCUT2D eigenvalue weighted by Crippen LogP contribution is 2.15. The van der Waals surface area contributed by atoms with E-state index in [2.05, 4.69) is 38.1 Å². The molecule has 27 heavy (non-hydrogen) atoms. The Morgan fingerprint density at radius 3 is 1.81 bits per heavy atom. The molecule has 0 spiro atoms. The second kappa shape index (κ2) is 18.3. The van der Waals surface area contributed by atoms with Gasteiger partial charge >= 0.3 is 0 Å². The van der Waals surface area contributed by atoms with Crippen molar-refractivity contribution in [1.82, 2.24) is 0 Å². The van der Waals surface area contributed by atoms with Crippen molar-refractivity contribution in [2.75, 3.05) is 33.0 Å². The molecule has 0 heterocycles. The molecule has 3 nitrogen and oxygen atoms in total. The highest BCUT2D eigenvalue weighted by Gasteiger charge is 1.98. The molecule has 0 amide bonds. The lowest BCUT2D eigenvalue weighted by atomic mass is 10.0. The summed E-state index contributed by atoms with van der Waals surface area (Å²) < 4.78 is 16.8. The molecule has 0 saturated heterocycles. The Kier molecular flexibility index (Phi) is 16.3. The summed E-state index contributed by atoms with van der Waals surface area (Å²) in [6, 6.07) is 8.53. The normalized spacial score (nSPS) is 11.0. The predicted molar refractivity (Wildman–Crippen MR) is 115 cm³/mol. The lowest BCUT2D eigenvalue weighted by molar-refractivity contribution is 0.0352. The van der Waals surface area contributed by atoms with Gasteiger partial charge in [-0.05, 0) is 37.0 Å². The predicted octanol–water partition coefficient (Wildman–Crippen LogP) is 6.58. The maximum atomic E-state index is 5.74. The highest BCUT2D eigenvalue weighted by atomic mass is 16.5. The van der Waals surface area contributed by atoms with Crippen LogP contribution in [0.2, 0.25) is 0 Å². The summed E-state index contributed by atoms with van der Waals surface area (Å²) in [4.78, 5) is 0. The van der Waals surface area contributed by atoms with Crippen LogP contribution in [0.5, 0.6) is 5.75 Å². The first-order chi connectivity index (χ1) is 13.4. The fraction of sp³-hybridized carbons (Fsp3) is 0.750. The Labute approximate surface area is 167 Å². The van der Waals surface area contributed by atoms with Gasteiger partial charge in [0.05, 0.1) is 19.8 Å². The standard InChI is InChI=1S/C24H42O3/c1-3-5-7-9-10-11-13-23-14-16-24(17-15-23)27-22-21-26-20-19-25-18-12-8-6-4-2/h14-17H,3-13,18-22H2,1-2H3. The molecule has 0 atom stereocenters. The first-order valence-corrected chi connectivity index (χ1v) is 11.2. The molecular formula is C24H42O3. The van der Waals surface area contributed by atoms with Crippen molar-refractivity contribution in [2.45, 2.75) is 84.5 Å². The van der Waals surface area contributed by atoms with Crippen LogP contribution in [0, 0.1) is 0 Å². The summed E-state index contributed by atoms with van der Waals surface area (Å²) in [5.74, 6) is 0.928. The van der Waals surface area contributed by atoms with E-state index in [0.29, 0.717) is 26.4 Å². The minimum absolute atomic E-state index is 0.591. The van der Waals surface area contributed by atoms with Crippen molar-refractivity contribution < 1.29 is 14.2 Å². The number of benzene rings is 1. The lowest BCUT2D eigenvalue weighted by Crippen LogP contribution is -2.11. The van der Waals surface area contributed by atoms with Crippen LogP contribution >= 0.6 is 0 Å². The van der Waals surface area contributed by atoms with Crippen molar-refractivity contribution >= 4 is 0 Å². The molecule has 1 rings (SSSR count). The molecule has 0 aromatic heterocycles. The Balaban J connectivity index is 1.94. The molecule has 0 radical (unpaired) electrons. The van der Waals surface area contributed by atoms with Crippen LogP contribution in [0.1, 0.15) is 83.6 Å². The number of rotatable bonds is 19. The maximum absolute atomic E-state index is 5.74. The monoisotopic (exact) mass is 378 g/mol. The fourth-order valence-corrected chi connectivity index (χ4v) is 3.03. The van der Waals surface area contributed by atoms with E-state index in [9.17, 15) is 0 Å². The van der Waals surface area contributed by atoms with E-state index >= 15 is 0 Å². The van der Waals surface area contributed by atoms with Gasteiger partial charge in [0.1, 0.15) is 12.4 Å². The molecule has 1 aromatic carbocycles. The Hall–Kier alpha value is -1.06. The summed E-state index contributed by atoms with van der Waals surface area (Å²) in [5, 5.41) is 0. The molecule has 0 bridgehead atoms. The Morgan fingerprint density at radius 2 is 1.11 bits per heavy atom. The molecular weight excluding hydrogens is 336 g/mol. The molecule has 3 heteroatoms. The highest BCUT2D eigenvalue weighted by molar-refractivity contribution is 5.27. The van der Waals surface area contributed by atoms with Gasteiger partial charge in [-0.3, -0.25) is 0 Å². The van der Waals surface area contributed by atoms with Crippen molar-refractivity contribution in [2.24, 2.45) is 0 Å². The molecule has 0 aliphatic carbocycles. The van der Waals surface area contributed by atoms with E-state index in [-0.39, 0.29) is 0 Å². The average molecular weight is 379 g/mol. The molecule has 0 unspecified atom stereocenters. The quantitative estimate of drug-likeness (QED) is 0.254. The van der Waals surface area contributed by atoms with Gasteiger partial charge in [-0.2, -0.15) is 0 Å². The molecule has 0 fully saturated rings. The van der Waals surface area contributed by atoms with Gasteiger partial charge in [-0.15, -0.1) is 0 Å². The van der Waals surface area contributed by atoms with E-state index in [1.54, 1.807) is 0 Å². The fourth-order valence-electron chi connectivity index (χ4n) is 3.03. The third-order valence-corrected chi connectivity index (χ3v) is 4.75. The largest absolute Gasteiger partial charge is 0.491 e. The summed E-state index contributed by atoms with van der Waals surface area (Å²) in [5.41, 5.74) is 1.41. The van der Waals surface area contributed by atoms with Crippen molar-refractivity contribution in [3.05, 3.63) is 29.8 Å². The van der Waals surface area contributed by atoms with Gasteiger partial charge in [-0.25, -0.2) is 0 Å². The molecule has 1 aromatic rings. The molecule has 0 aliphatic heterocycles. The number of ether oxygens (including phenoxy) is 3. The Bertz CT molecular complexity index is 416. The molecule has 0 aliphatic rings. The number of aryl methyl sites for hydroxylation is 1. The molecule has 0 saturated carbocycles. The van der Waals surface area contributed by atoms with E-state index in [4.69, 9.17) is 14.2 Å². The van der Waals surface area contributed by atoms with Crippen LogP contribution in [0.3, 0.4) is 0 Å². The Morgan fingerprint density at radius 1 is 0.556 bits per heavy atom. The van der Waals surface area contributed by atoms with Gasteiger partial charge in [0.2, 0.25) is 0 Å². The zero-order valence-electron chi connectivity index (χ0n) is 17.8. The number of hydrogen-bond acceptors (Lipinski definition) is 3. The number of hydrogen-bond donors (Lipinski definition) is 0. The van der Waals surface area contributed by atoms with E-state index in [0.717, 1.165) is 18.8 Å². The summed E-state index contributed by atoms with van der Waals surface area (Å²) in [6.07, 6.45) is 14.3. The van der Waals surface area contributed by atoms with E-state index < -0.39 is 0 Å². The van der Waals surface area contributed by atoms with Crippen LogP contribution < -0.4 is 4.74 Å². The van der Waals surface area contributed by atoms with Gasteiger partial charge in [0.15, 0.2) is 0 Å². The minimum Gasteiger partial charge on any atom is -0.491 e. The first kappa shape index (κ1) is 24.0. The van der Waals surface area contributed by atoms with Gasteiger partial charge < -0.3 is 14.2 Å². The van der Waals surface area contributed by atoms with Crippen LogP contribution in [0.15, 0.2) is 24.3 Å². The van der Waals surface area contributed by atoms with Crippen LogP contribution in [0.4, 0.5) is 0 Å². The first-order valence-electron chi connectivity index (χ1n) is 11.2. The van der Waals surface area contributed by atoms with Gasteiger partial charge in [0, 0.05) is 6.61 Å². The second-order valence-electron chi connectivity index (χ2n) is 7.30. The van der Waals surface area contributed by atoms with Crippen molar-refractivity contribution in [3.63, 3.8) is 0 Å². The zero-order chi connectivity index (χ0) is 19.4. The smallest absolute Gasteiger partial charge is 0.119 e. The summed E-state index contributed by atoms with van der Waals surface area (Å²) >= 11 is 0. The molecule has 156 valence electrons. The molecule has 0 N–H and O–H groups in total. The van der Waals surface area contributed by atoms with Crippen molar-refractivity contribution in [3.8, 4) is 5.75 Å². The summed E-state index contributed by atoms with van der Waals surface area (Å²) in [7, 11) is 0. The average Bonchev–Trinajstić information content (AvgIpc) is 2.70. The van der Waals surface area contributed by atoms with Crippen molar-refractivity contribution in [1.29, 1.82) is 0 Å². The summed E-state index contributed by atoms with van der Waals surface area (Å²) in [6.45, 7) is 7.87. The number of unbranched alkanes of at least 4 members (excludes halogenated alkanes) is 8. The van der Waals surface area contributed by atoms with Crippen LogP contribution in [-0.2, 0) is 15.9 Å². The van der Waals surface area contributed by atoms with Gasteiger partial charge in [0.25, 0.3) is 0 Å². The zero-order valence-corrected chi connectivity index (χ0v) is 17.8. The van der Waals surface area contributed by atoms with E-state index in [1.807, 2.05) is 0 Å². The second-order valence-corrected chi connectivity index (χ2v) is 7.30. The third-order valence-electron chi connectivity index (χ3n) is 4.75. The van der Waals surface area contributed by atoms with Crippen LogP contribution in [0.25, 0.3) is 0 Å². The SMILES string of the molecule is CCCCCCCCc1ccc(OCCOCCOCCCCCC)cc1. The lowest BCUT2D eigenvalue weighted by Gasteiger charge is -2.09. The van der Waals surface area contributed by atoms with Gasteiger partial charge in [-0.1, -0.05) is 77.3 Å². The topological polar surface area (TPSA) is 27.7 Å². The third kappa shape index (κ3) is 14.6. The minimum atomic E-state index is 0.591. The van der Waals surface area contributed by atoms with Crippen LogP contribution in [-0.4, -0.2) is 33.0 Å². The van der Waals surface area contributed by atoms with E-state index in [1.165, 1.54) is 69.8 Å².